The van der Waals surface area contributed by atoms with Crippen molar-refractivity contribution in [2.24, 2.45) is 0 Å². The van der Waals surface area contributed by atoms with E-state index in [1.165, 1.54) is 0 Å². The van der Waals surface area contributed by atoms with Crippen LogP contribution in [0.4, 0.5) is 11.4 Å². The average Bonchev–Trinajstić information content (AvgIpc) is 2.52. The first kappa shape index (κ1) is 14.6. The number of piperidine rings is 1. The molecule has 1 amide bonds. The number of carbonyl (C=O) groups excluding carboxylic acids is 1. The molecule has 0 bridgehead atoms. The lowest BCUT2D eigenvalue weighted by atomic mass is 10.0. The molecular weight excluding hydrogens is 252 g/mol. The van der Waals surface area contributed by atoms with E-state index in [1.807, 2.05) is 12.4 Å². The monoisotopic (exact) mass is 276 g/mol. The zero-order valence-electron chi connectivity index (χ0n) is 12.4. The first-order valence-corrected chi connectivity index (χ1v) is 7.43. The minimum atomic E-state index is -0.0722. The molecular formula is C15H24N4O. The van der Waals surface area contributed by atoms with Crippen LogP contribution < -0.4 is 15.5 Å². The zero-order chi connectivity index (χ0) is 14.4. The summed E-state index contributed by atoms with van der Waals surface area (Å²) in [6.07, 6.45) is 7.90. The highest BCUT2D eigenvalue weighted by atomic mass is 16.2. The summed E-state index contributed by atoms with van der Waals surface area (Å²) in [6.45, 7) is 3.98. The minimum absolute atomic E-state index is 0.0722. The summed E-state index contributed by atoms with van der Waals surface area (Å²) in [4.78, 5) is 18.5. The third-order valence-electron chi connectivity index (χ3n) is 3.69. The van der Waals surface area contributed by atoms with Crippen LogP contribution >= 0.6 is 0 Å². The van der Waals surface area contributed by atoms with Gasteiger partial charge in [0.05, 0.1) is 23.8 Å². The van der Waals surface area contributed by atoms with E-state index in [2.05, 4.69) is 33.5 Å². The first-order chi connectivity index (χ1) is 9.76. The SMILES string of the molecule is CCCNc1cncc(N2CCCCC2C(=O)NC)c1. The van der Waals surface area contributed by atoms with E-state index in [-0.39, 0.29) is 11.9 Å². The Morgan fingerprint density at radius 1 is 1.45 bits per heavy atom. The molecule has 1 aromatic rings. The molecule has 2 heterocycles. The Morgan fingerprint density at radius 2 is 2.30 bits per heavy atom. The fourth-order valence-electron chi connectivity index (χ4n) is 2.63. The molecule has 1 saturated heterocycles. The van der Waals surface area contributed by atoms with Gasteiger partial charge in [0.15, 0.2) is 0 Å². The fourth-order valence-corrected chi connectivity index (χ4v) is 2.63. The van der Waals surface area contributed by atoms with Gasteiger partial charge in [-0.1, -0.05) is 6.92 Å². The Balaban J connectivity index is 2.16. The van der Waals surface area contributed by atoms with Gasteiger partial charge in [0.25, 0.3) is 0 Å². The molecule has 5 heteroatoms. The molecule has 0 saturated carbocycles. The third kappa shape index (κ3) is 3.40. The number of hydrogen-bond donors (Lipinski definition) is 2. The van der Waals surface area contributed by atoms with E-state index in [4.69, 9.17) is 0 Å². The van der Waals surface area contributed by atoms with Crippen LogP contribution in [-0.4, -0.2) is 37.1 Å². The second kappa shape index (κ2) is 7.12. The quantitative estimate of drug-likeness (QED) is 0.864. The van der Waals surface area contributed by atoms with Gasteiger partial charge in [-0.3, -0.25) is 9.78 Å². The molecule has 0 aliphatic carbocycles. The number of rotatable bonds is 5. The molecule has 1 aliphatic rings. The molecule has 1 aliphatic heterocycles. The van der Waals surface area contributed by atoms with Crippen molar-refractivity contribution in [3.8, 4) is 0 Å². The van der Waals surface area contributed by atoms with Gasteiger partial charge in [-0.15, -0.1) is 0 Å². The number of anilines is 2. The minimum Gasteiger partial charge on any atom is -0.384 e. The van der Waals surface area contributed by atoms with Gasteiger partial charge >= 0.3 is 0 Å². The average molecular weight is 276 g/mol. The molecule has 2 rings (SSSR count). The molecule has 0 radical (unpaired) electrons. The van der Waals surface area contributed by atoms with Gasteiger partial charge < -0.3 is 15.5 Å². The van der Waals surface area contributed by atoms with E-state index >= 15 is 0 Å². The van der Waals surface area contributed by atoms with Crippen LogP contribution in [0, 0.1) is 0 Å². The molecule has 5 nitrogen and oxygen atoms in total. The molecule has 1 fully saturated rings. The molecule has 1 atom stereocenters. The Kier molecular flexibility index (Phi) is 5.21. The van der Waals surface area contributed by atoms with Gasteiger partial charge in [0, 0.05) is 20.1 Å². The van der Waals surface area contributed by atoms with E-state index < -0.39 is 0 Å². The van der Waals surface area contributed by atoms with Crippen molar-refractivity contribution in [2.45, 2.75) is 38.6 Å². The van der Waals surface area contributed by atoms with Gasteiger partial charge in [-0.05, 0) is 31.7 Å². The van der Waals surface area contributed by atoms with Crippen molar-refractivity contribution in [1.29, 1.82) is 0 Å². The van der Waals surface area contributed by atoms with Crippen molar-refractivity contribution >= 4 is 17.3 Å². The number of carbonyl (C=O) groups is 1. The maximum absolute atomic E-state index is 12.0. The highest BCUT2D eigenvalue weighted by Crippen LogP contribution is 2.26. The van der Waals surface area contributed by atoms with Crippen molar-refractivity contribution < 1.29 is 4.79 Å². The molecule has 1 aromatic heterocycles. The van der Waals surface area contributed by atoms with E-state index in [9.17, 15) is 4.79 Å². The number of hydrogen-bond acceptors (Lipinski definition) is 4. The summed E-state index contributed by atoms with van der Waals surface area (Å²) in [5.41, 5.74) is 2.05. The predicted molar refractivity (Wildman–Crippen MR) is 82.1 cm³/mol. The second-order valence-corrected chi connectivity index (χ2v) is 5.18. The standard InChI is InChI=1S/C15H24N4O/c1-3-7-18-12-9-13(11-17-10-12)19-8-5-4-6-14(19)15(20)16-2/h9-11,14,18H,3-8H2,1-2H3,(H,16,20). The second-order valence-electron chi connectivity index (χ2n) is 5.18. The number of aromatic nitrogens is 1. The Labute approximate surface area is 120 Å². The van der Waals surface area contributed by atoms with Crippen LogP contribution in [0.3, 0.4) is 0 Å². The first-order valence-electron chi connectivity index (χ1n) is 7.43. The van der Waals surface area contributed by atoms with Gasteiger partial charge in [-0.25, -0.2) is 0 Å². The molecule has 0 spiro atoms. The largest absolute Gasteiger partial charge is 0.384 e. The maximum atomic E-state index is 12.0. The lowest BCUT2D eigenvalue weighted by molar-refractivity contribution is -0.122. The van der Waals surface area contributed by atoms with E-state index in [0.717, 1.165) is 50.1 Å². The zero-order valence-corrected chi connectivity index (χ0v) is 12.4. The van der Waals surface area contributed by atoms with Crippen LogP contribution in [0.25, 0.3) is 0 Å². The highest BCUT2D eigenvalue weighted by Gasteiger charge is 2.28. The molecule has 20 heavy (non-hydrogen) atoms. The predicted octanol–water partition coefficient (Wildman–Crippen LogP) is 2.01. The van der Waals surface area contributed by atoms with Gasteiger partial charge in [-0.2, -0.15) is 0 Å². The lowest BCUT2D eigenvalue weighted by Gasteiger charge is -2.36. The van der Waals surface area contributed by atoms with Gasteiger partial charge in [0.1, 0.15) is 6.04 Å². The Bertz CT molecular complexity index is 449. The van der Waals surface area contributed by atoms with Crippen molar-refractivity contribution in [1.82, 2.24) is 10.3 Å². The van der Waals surface area contributed by atoms with Crippen molar-refractivity contribution in [2.75, 3.05) is 30.4 Å². The molecule has 1 unspecified atom stereocenters. The van der Waals surface area contributed by atoms with Crippen LogP contribution in [0.1, 0.15) is 32.6 Å². The smallest absolute Gasteiger partial charge is 0.242 e. The van der Waals surface area contributed by atoms with Gasteiger partial charge in [0.2, 0.25) is 5.91 Å². The van der Waals surface area contributed by atoms with Crippen molar-refractivity contribution in [3.05, 3.63) is 18.5 Å². The fraction of sp³-hybridized carbons (Fsp3) is 0.600. The molecule has 0 aromatic carbocycles. The normalized spacial score (nSPS) is 18.7. The topological polar surface area (TPSA) is 57.3 Å². The Hall–Kier alpha value is -1.78. The summed E-state index contributed by atoms with van der Waals surface area (Å²) in [7, 11) is 1.70. The maximum Gasteiger partial charge on any atom is 0.242 e. The van der Waals surface area contributed by atoms with E-state index in [1.54, 1.807) is 7.05 Å². The summed E-state index contributed by atoms with van der Waals surface area (Å²) >= 11 is 0. The lowest BCUT2D eigenvalue weighted by Crippen LogP contribution is -2.48. The molecule has 2 N–H and O–H groups in total. The Morgan fingerprint density at radius 3 is 3.05 bits per heavy atom. The summed E-state index contributed by atoms with van der Waals surface area (Å²) < 4.78 is 0. The van der Waals surface area contributed by atoms with Crippen LogP contribution in [-0.2, 0) is 4.79 Å². The summed E-state index contributed by atoms with van der Waals surface area (Å²) in [6, 6.07) is 2.01. The van der Waals surface area contributed by atoms with Crippen molar-refractivity contribution in [3.63, 3.8) is 0 Å². The molecule has 110 valence electrons. The summed E-state index contributed by atoms with van der Waals surface area (Å²) in [5, 5.41) is 6.11. The van der Waals surface area contributed by atoms with Crippen LogP contribution in [0.5, 0.6) is 0 Å². The van der Waals surface area contributed by atoms with E-state index in [0.29, 0.717) is 0 Å². The number of pyridine rings is 1. The third-order valence-corrected chi connectivity index (χ3v) is 3.69. The number of nitrogens with zero attached hydrogens (tertiary/aromatic N) is 2. The van der Waals surface area contributed by atoms with Crippen LogP contribution in [0.15, 0.2) is 18.5 Å². The number of nitrogens with one attached hydrogen (secondary N) is 2. The number of likely N-dealkylation sites (N-methyl/N-ethyl adjacent to an activating group) is 1. The highest BCUT2D eigenvalue weighted by molar-refractivity contribution is 5.85. The number of amides is 1. The summed E-state index contributed by atoms with van der Waals surface area (Å²) in [5.74, 6) is 0.0941. The van der Waals surface area contributed by atoms with Crippen LogP contribution in [0.2, 0.25) is 0 Å².